The Morgan fingerprint density at radius 3 is 2.92 bits per heavy atom. The molecule has 1 N–H and O–H groups in total. The van der Waals surface area contributed by atoms with Crippen molar-refractivity contribution in [3.05, 3.63) is 35.0 Å². The number of nitrogens with zero attached hydrogens (tertiary/aromatic N) is 3. The lowest BCUT2D eigenvalue weighted by molar-refractivity contribution is -0.0608. The van der Waals surface area contributed by atoms with E-state index in [1.54, 1.807) is 17.1 Å². The second kappa shape index (κ2) is 8.01. The fourth-order valence-electron chi connectivity index (χ4n) is 2.94. The standard InChI is InChI=1S/C18H26N4O4/c1-11(2)22-8-14(7-19-22)18(23)20-16-10-24-6-5-17(16)25-9-15-12(3)21-26-13(15)4/h7-8,11,16-17H,5-6,9-10H2,1-4H3,(H,20,23)/t16-,17+/m1/s1. The average Bonchev–Trinajstić information content (AvgIpc) is 3.22. The second-order valence-corrected chi connectivity index (χ2v) is 6.90. The maximum Gasteiger partial charge on any atom is 0.254 e. The molecular formula is C18H26N4O4. The Kier molecular flexibility index (Phi) is 5.73. The average molecular weight is 362 g/mol. The van der Waals surface area contributed by atoms with Gasteiger partial charge in [0.05, 0.1) is 42.8 Å². The van der Waals surface area contributed by atoms with Crippen molar-refractivity contribution in [1.82, 2.24) is 20.3 Å². The van der Waals surface area contributed by atoms with E-state index in [1.165, 1.54) is 0 Å². The summed E-state index contributed by atoms with van der Waals surface area (Å²) in [6.45, 7) is 9.24. The van der Waals surface area contributed by atoms with Crippen molar-refractivity contribution in [2.45, 2.75) is 58.9 Å². The summed E-state index contributed by atoms with van der Waals surface area (Å²) in [4.78, 5) is 12.5. The van der Waals surface area contributed by atoms with Crippen LogP contribution in [0.15, 0.2) is 16.9 Å². The van der Waals surface area contributed by atoms with Crippen molar-refractivity contribution < 1.29 is 18.8 Å². The minimum Gasteiger partial charge on any atom is -0.379 e. The number of carbonyl (C=O) groups is 1. The summed E-state index contributed by atoms with van der Waals surface area (Å²) < 4.78 is 18.5. The van der Waals surface area contributed by atoms with E-state index < -0.39 is 0 Å². The Bertz CT molecular complexity index is 733. The first-order chi connectivity index (χ1) is 12.5. The Balaban J connectivity index is 1.62. The molecule has 0 radical (unpaired) electrons. The molecule has 0 unspecified atom stereocenters. The van der Waals surface area contributed by atoms with Crippen molar-refractivity contribution in [2.24, 2.45) is 0 Å². The van der Waals surface area contributed by atoms with Gasteiger partial charge in [-0.1, -0.05) is 5.16 Å². The quantitative estimate of drug-likeness (QED) is 0.847. The van der Waals surface area contributed by atoms with E-state index in [-0.39, 0.29) is 24.1 Å². The van der Waals surface area contributed by atoms with Crippen LogP contribution in [0.2, 0.25) is 0 Å². The maximum absolute atomic E-state index is 12.5. The molecular weight excluding hydrogens is 336 g/mol. The zero-order valence-electron chi connectivity index (χ0n) is 15.7. The van der Waals surface area contributed by atoms with Crippen LogP contribution < -0.4 is 5.32 Å². The van der Waals surface area contributed by atoms with Gasteiger partial charge in [-0.2, -0.15) is 5.10 Å². The van der Waals surface area contributed by atoms with Crippen LogP contribution >= 0.6 is 0 Å². The first-order valence-electron chi connectivity index (χ1n) is 8.91. The number of rotatable bonds is 6. The summed E-state index contributed by atoms with van der Waals surface area (Å²) in [6, 6.07) is -0.000169. The van der Waals surface area contributed by atoms with Crippen LogP contribution in [0.4, 0.5) is 0 Å². The highest BCUT2D eigenvalue weighted by molar-refractivity contribution is 5.93. The molecule has 0 aliphatic carbocycles. The number of aromatic nitrogens is 3. The Morgan fingerprint density at radius 2 is 2.27 bits per heavy atom. The molecule has 0 saturated carbocycles. The highest BCUT2D eigenvalue weighted by Gasteiger charge is 2.29. The minimum absolute atomic E-state index is 0.124. The zero-order valence-corrected chi connectivity index (χ0v) is 15.7. The summed E-state index contributed by atoms with van der Waals surface area (Å²) in [5.41, 5.74) is 2.32. The van der Waals surface area contributed by atoms with E-state index in [2.05, 4.69) is 15.6 Å². The number of ether oxygens (including phenoxy) is 2. The Hall–Kier alpha value is -2.19. The van der Waals surface area contributed by atoms with E-state index in [4.69, 9.17) is 14.0 Å². The molecule has 1 amide bonds. The molecule has 8 nitrogen and oxygen atoms in total. The molecule has 142 valence electrons. The lowest BCUT2D eigenvalue weighted by Crippen LogP contribution is -2.50. The lowest BCUT2D eigenvalue weighted by Gasteiger charge is -2.32. The topological polar surface area (TPSA) is 91.4 Å². The van der Waals surface area contributed by atoms with Crippen LogP contribution in [0.25, 0.3) is 0 Å². The van der Waals surface area contributed by atoms with Crippen molar-refractivity contribution in [3.8, 4) is 0 Å². The summed E-state index contributed by atoms with van der Waals surface area (Å²) in [5.74, 6) is 0.592. The number of nitrogens with one attached hydrogen (secondary N) is 1. The van der Waals surface area contributed by atoms with Gasteiger partial charge in [0.15, 0.2) is 0 Å². The lowest BCUT2D eigenvalue weighted by atomic mass is 10.1. The van der Waals surface area contributed by atoms with Gasteiger partial charge in [-0.15, -0.1) is 0 Å². The fraction of sp³-hybridized carbons (Fsp3) is 0.611. The normalized spacial score (nSPS) is 20.5. The molecule has 2 aromatic rings. The van der Waals surface area contributed by atoms with Crippen LogP contribution in [0.5, 0.6) is 0 Å². The van der Waals surface area contributed by atoms with Crippen molar-refractivity contribution in [3.63, 3.8) is 0 Å². The monoisotopic (exact) mass is 362 g/mol. The molecule has 3 heterocycles. The van der Waals surface area contributed by atoms with Crippen molar-refractivity contribution >= 4 is 5.91 Å². The third-order valence-corrected chi connectivity index (χ3v) is 4.63. The van der Waals surface area contributed by atoms with Crippen LogP contribution in [-0.4, -0.2) is 46.2 Å². The predicted molar refractivity (Wildman–Crippen MR) is 93.9 cm³/mol. The largest absolute Gasteiger partial charge is 0.379 e. The fourth-order valence-corrected chi connectivity index (χ4v) is 2.94. The number of carbonyl (C=O) groups excluding carboxylic acids is 1. The second-order valence-electron chi connectivity index (χ2n) is 6.90. The third-order valence-electron chi connectivity index (χ3n) is 4.63. The number of aryl methyl sites for hydroxylation is 2. The van der Waals surface area contributed by atoms with Gasteiger partial charge in [0.1, 0.15) is 5.76 Å². The molecule has 0 aromatic carbocycles. The number of amides is 1. The van der Waals surface area contributed by atoms with Gasteiger partial charge in [0, 0.05) is 24.4 Å². The van der Waals surface area contributed by atoms with Gasteiger partial charge in [-0.25, -0.2) is 0 Å². The van der Waals surface area contributed by atoms with Gasteiger partial charge in [-0.3, -0.25) is 9.48 Å². The Labute approximate surface area is 152 Å². The molecule has 26 heavy (non-hydrogen) atoms. The summed E-state index contributed by atoms with van der Waals surface area (Å²) in [5, 5.41) is 11.2. The van der Waals surface area contributed by atoms with Crippen LogP contribution in [0, 0.1) is 13.8 Å². The molecule has 2 atom stereocenters. The van der Waals surface area contributed by atoms with Gasteiger partial charge >= 0.3 is 0 Å². The predicted octanol–water partition coefficient (Wildman–Crippen LogP) is 2.17. The van der Waals surface area contributed by atoms with Gasteiger partial charge < -0.3 is 19.3 Å². The molecule has 0 spiro atoms. The molecule has 3 rings (SSSR count). The number of hydrogen-bond acceptors (Lipinski definition) is 6. The highest BCUT2D eigenvalue weighted by Crippen LogP contribution is 2.19. The SMILES string of the molecule is Cc1noc(C)c1CO[C@H]1CCOC[C@H]1NC(=O)c1cnn(C(C)C)c1. The molecule has 1 saturated heterocycles. The zero-order chi connectivity index (χ0) is 18.7. The first kappa shape index (κ1) is 18.6. The number of hydrogen-bond donors (Lipinski definition) is 1. The first-order valence-corrected chi connectivity index (χ1v) is 8.91. The van der Waals surface area contributed by atoms with Crippen LogP contribution in [0.3, 0.4) is 0 Å². The highest BCUT2D eigenvalue weighted by atomic mass is 16.5. The van der Waals surface area contributed by atoms with E-state index in [9.17, 15) is 4.79 Å². The minimum atomic E-state index is -0.209. The molecule has 2 aromatic heterocycles. The van der Waals surface area contributed by atoms with Crippen molar-refractivity contribution in [1.29, 1.82) is 0 Å². The van der Waals surface area contributed by atoms with Gasteiger partial charge in [0.25, 0.3) is 5.91 Å². The van der Waals surface area contributed by atoms with E-state index in [0.717, 1.165) is 23.4 Å². The van der Waals surface area contributed by atoms with Gasteiger partial charge in [0.2, 0.25) is 0 Å². The van der Waals surface area contributed by atoms with Crippen LogP contribution in [-0.2, 0) is 16.1 Å². The smallest absolute Gasteiger partial charge is 0.254 e. The van der Waals surface area contributed by atoms with Crippen LogP contribution in [0.1, 0.15) is 53.7 Å². The molecule has 1 fully saturated rings. The van der Waals surface area contributed by atoms with E-state index >= 15 is 0 Å². The summed E-state index contributed by atoms with van der Waals surface area (Å²) >= 11 is 0. The maximum atomic E-state index is 12.5. The summed E-state index contributed by atoms with van der Waals surface area (Å²) in [6.07, 6.45) is 3.93. The van der Waals surface area contributed by atoms with Gasteiger partial charge in [-0.05, 0) is 34.1 Å². The van der Waals surface area contributed by atoms with E-state index in [1.807, 2.05) is 27.7 Å². The Morgan fingerprint density at radius 1 is 1.46 bits per heavy atom. The molecule has 1 aliphatic rings. The molecule has 1 aliphatic heterocycles. The summed E-state index contributed by atoms with van der Waals surface area (Å²) in [7, 11) is 0. The van der Waals surface area contributed by atoms with E-state index in [0.29, 0.717) is 25.4 Å². The molecule has 8 heteroatoms. The molecule has 0 bridgehead atoms. The van der Waals surface area contributed by atoms with Crippen molar-refractivity contribution in [2.75, 3.05) is 13.2 Å². The third kappa shape index (κ3) is 4.13.